The van der Waals surface area contributed by atoms with Gasteiger partial charge in [0.25, 0.3) is 5.91 Å². The Labute approximate surface area is 173 Å². The Morgan fingerprint density at radius 1 is 1.10 bits per heavy atom. The summed E-state index contributed by atoms with van der Waals surface area (Å²) >= 11 is 1.07. The van der Waals surface area contributed by atoms with Crippen molar-refractivity contribution in [2.75, 3.05) is 5.32 Å². The highest BCUT2D eigenvalue weighted by atomic mass is 32.1. The van der Waals surface area contributed by atoms with Crippen LogP contribution in [0.15, 0.2) is 53.9 Å². The summed E-state index contributed by atoms with van der Waals surface area (Å²) in [5.41, 5.74) is 0.911. The number of aromatic nitrogens is 1. The molecular formula is C21H15F3N2O3S. The second-order valence-corrected chi connectivity index (χ2v) is 6.95. The number of hydrogen-bond acceptors (Lipinski definition) is 5. The Balaban J connectivity index is 1.58. The Morgan fingerprint density at radius 2 is 1.87 bits per heavy atom. The number of halogens is 3. The molecule has 0 fully saturated rings. The first-order valence-electron chi connectivity index (χ1n) is 8.68. The van der Waals surface area contributed by atoms with E-state index < -0.39 is 35.4 Å². The maximum Gasteiger partial charge on any atom is 0.331 e. The van der Waals surface area contributed by atoms with Gasteiger partial charge in [-0.2, -0.15) is 0 Å². The SMILES string of the molecule is C[C@@H](OC(=O)/C=C/c1ccccc1F)C(=O)Nc1nc(-c2ccc(F)c(F)c2)cs1. The van der Waals surface area contributed by atoms with Crippen LogP contribution in [0.1, 0.15) is 12.5 Å². The fourth-order valence-corrected chi connectivity index (χ4v) is 3.08. The van der Waals surface area contributed by atoms with E-state index in [-0.39, 0.29) is 10.7 Å². The molecule has 3 rings (SSSR count). The smallest absolute Gasteiger partial charge is 0.331 e. The molecule has 30 heavy (non-hydrogen) atoms. The van der Waals surface area contributed by atoms with Crippen molar-refractivity contribution >= 4 is 34.4 Å². The van der Waals surface area contributed by atoms with Crippen molar-refractivity contribution in [3.63, 3.8) is 0 Å². The molecular weight excluding hydrogens is 417 g/mol. The van der Waals surface area contributed by atoms with Crippen molar-refractivity contribution in [3.8, 4) is 11.3 Å². The molecule has 1 N–H and O–H groups in total. The van der Waals surface area contributed by atoms with Crippen LogP contribution >= 0.6 is 11.3 Å². The normalized spacial score (nSPS) is 12.0. The molecule has 5 nitrogen and oxygen atoms in total. The number of carbonyl (C=O) groups excluding carboxylic acids is 2. The average molecular weight is 432 g/mol. The molecule has 2 aromatic carbocycles. The number of rotatable bonds is 6. The summed E-state index contributed by atoms with van der Waals surface area (Å²) in [6.45, 7) is 1.37. The van der Waals surface area contributed by atoms with Crippen LogP contribution in [0.5, 0.6) is 0 Å². The average Bonchev–Trinajstić information content (AvgIpc) is 3.18. The fraction of sp³-hybridized carbons (Fsp3) is 0.0952. The van der Waals surface area contributed by atoms with Crippen molar-refractivity contribution in [3.05, 3.63) is 76.9 Å². The van der Waals surface area contributed by atoms with Gasteiger partial charge in [0, 0.05) is 22.6 Å². The number of amides is 1. The Bertz CT molecular complexity index is 1110. The van der Waals surface area contributed by atoms with E-state index in [0.717, 1.165) is 29.5 Å². The lowest BCUT2D eigenvalue weighted by Gasteiger charge is -2.10. The molecule has 0 spiro atoms. The first-order chi connectivity index (χ1) is 14.3. The first kappa shape index (κ1) is 21.3. The molecule has 0 aliphatic rings. The molecule has 154 valence electrons. The van der Waals surface area contributed by atoms with Gasteiger partial charge >= 0.3 is 5.97 Å². The quantitative estimate of drug-likeness (QED) is 0.448. The van der Waals surface area contributed by atoms with Crippen molar-refractivity contribution in [1.29, 1.82) is 0 Å². The predicted octanol–water partition coefficient (Wildman–Crippen LogP) is 4.81. The van der Waals surface area contributed by atoms with Gasteiger partial charge in [-0.25, -0.2) is 22.9 Å². The number of anilines is 1. The number of hydrogen-bond donors (Lipinski definition) is 1. The first-order valence-corrected chi connectivity index (χ1v) is 9.56. The molecule has 9 heteroatoms. The summed E-state index contributed by atoms with van der Waals surface area (Å²) in [5.74, 6) is -3.92. The van der Waals surface area contributed by atoms with Crippen molar-refractivity contribution < 1.29 is 27.5 Å². The molecule has 1 aromatic heterocycles. The van der Waals surface area contributed by atoms with Crippen molar-refractivity contribution in [2.45, 2.75) is 13.0 Å². The van der Waals surface area contributed by atoms with Crippen LogP contribution < -0.4 is 5.32 Å². The molecule has 0 radical (unpaired) electrons. The van der Waals surface area contributed by atoms with Crippen LogP contribution in [0.25, 0.3) is 17.3 Å². The molecule has 1 amide bonds. The highest BCUT2D eigenvalue weighted by Crippen LogP contribution is 2.26. The highest BCUT2D eigenvalue weighted by molar-refractivity contribution is 7.14. The van der Waals surface area contributed by atoms with Crippen LogP contribution in [0.2, 0.25) is 0 Å². The maximum absolute atomic E-state index is 13.5. The van der Waals surface area contributed by atoms with Crippen LogP contribution in [0, 0.1) is 17.5 Å². The number of nitrogens with zero attached hydrogens (tertiary/aromatic N) is 1. The number of esters is 1. The second-order valence-electron chi connectivity index (χ2n) is 6.09. The minimum atomic E-state index is -1.14. The summed E-state index contributed by atoms with van der Waals surface area (Å²) in [7, 11) is 0. The molecule has 0 saturated heterocycles. The molecule has 1 heterocycles. The number of thiazole rings is 1. The lowest BCUT2D eigenvalue weighted by Crippen LogP contribution is -2.29. The Hall–Kier alpha value is -3.46. The van der Waals surface area contributed by atoms with Gasteiger partial charge in [-0.05, 0) is 37.3 Å². The molecule has 3 aromatic rings. The summed E-state index contributed by atoms with van der Waals surface area (Å²) in [5, 5.41) is 4.25. The standard InChI is InChI=1S/C21H15F3N2O3S/c1-12(29-19(27)9-7-13-4-2-3-5-15(13)22)20(28)26-21-25-18(11-30-21)14-6-8-16(23)17(24)10-14/h2-12H,1H3,(H,25,26,28)/b9-7+/t12-/m1/s1. The highest BCUT2D eigenvalue weighted by Gasteiger charge is 2.18. The van der Waals surface area contributed by atoms with E-state index in [1.54, 1.807) is 11.4 Å². The predicted molar refractivity (Wildman–Crippen MR) is 107 cm³/mol. The Kier molecular flexibility index (Phi) is 6.63. The minimum Gasteiger partial charge on any atom is -0.449 e. The zero-order chi connectivity index (χ0) is 21.7. The largest absolute Gasteiger partial charge is 0.449 e. The third-order valence-corrected chi connectivity index (χ3v) is 4.67. The number of ether oxygens (including phenoxy) is 1. The number of carbonyl (C=O) groups is 2. The van der Waals surface area contributed by atoms with E-state index in [2.05, 4.69) is 10.3 Å². The monoisotopic (exact) mass is 432 g/mol. The fourth-order valence-electron chi connectivity index (χ4n) is 2.36. The van der Waals surface area contributed by atoms with Gasteiger partial charge in [-0.15, -0.1) is 11.3 Å². The summed E-state index contributed by atoms with van der Waals surface area (Å²) in [6.07, 6.45) is 1.13. The van der Waals surface area contributed by atoms with Gasteiger partial charge in [0.2, 0.25) is 0 Å². The van der Waals surface area contributed by atoms with E-state index in [9.17, 15) is 22.8 Å². The van der Waals surface area contributed by atoms with E-state index in [1.807, 2.05) is 0 Å². The van der Waals surface area contributed by atoms with E-state index >= 15 is 0 Å². The van der Waals surface area contributed by atoms with Gasteiger partial charge in [-0.1, -0.05) is 18.2 Å². The minimum absolute atomic E-state index is 0.199. The molecule has 0 aliphatic heterocycles. The zero-order valence-corrected chi connectivity index (χ0v) is 16.4. The Morgan fingerprint density at radius 3 is 2.60 bits per heavy atom. The molecule has 0 unspecified atom stereocenters. The molecule has 0 saturated carbocycles. The molecule has 1 atom stereocenters. The van der Waals surface area contributed by atoms with Crippen molar-refractivity contribution in [1.82, 2.24) is 4.98 Å². The van der Waals surface area contributed by atoms with Crippen LogP contribution in [0.4, 0.5) is 18.3 Å². The van der Waals surface area contributed by atoms with E-state index in [0.29, 0.717) is 11.3 Å². The molecule has 0 aliphatic carbocycles. The second kappa shape index (κ2) is 9.36. The lowest BCUT2D eigenvalue weighted by molar-refractivity contribution is -0.148. The van der Waals surface area contributed by atoms with Gasteiger partial charge in [0.05, 0.1) is 5.69 Å². The molecule has 0 bridgehead atoms. The van der Waals surface area contributed by atoms with Gasteiger partial charge in [-0.3, -0.25) is 10.1 Å². The van der Waals surface area contributed by atoms with Crippen LogP contribution in [0.3, 0.4) is 0 Å². The van der Waals surface area contributed by atoms with E-state index in [1.165, 1.54) is 37.3 Å². The summed E-state index contributed by atoms with van der Waals surface area (Å²) in [6, 6.07) is 9.24. The number of nitrogens with one attached hydrogen (secondary N) is 1. The van der Waals surface area contributed by atoms with Gasteiger partial charge in [0.15, 0.2) is 22.9 Å². The third-order valence-electron chi connectivity index (χ3n) is 3.92. The topological polar surface area (TPSA) is 68.3 Å². The summed E-state index contributed by atoms with van der Waals surface area (Å²) < 4.78 is 44.9. The van der Waals surface area contributed by atoms with Gasteiger partial charge in [0.1, 0.15) is 5.82 Å². The van der Waals surface area contributed by atoms with Gasteiger partial charge < -0.3 is 4.74 Å². The number of benzene rings is 2. The van der Waals surface area contributed by atoms with E-state index in [4.69, 9.17) is 4.74 Å². The lowest BCUT2D eigenvalue weighted by atomic mass is 10.2. The van der Waals surface area contributed by atoms with Crippen LogP contribution in [-0.4, -0.2) is 23.0 Å². The third kappa shape index (κ3) is 5.32. The van der Waals surface area contributed by atoms with Crippen LogP contribution in [-0.2, 0) is 14.3 Å². The zero-order valence-electron chi connectivity index (χ0n) is 15.6. The van der Waals surface area contributed by atoms with Crippen molar-refractivity contribution in [2.24, 2.45) is 0 Å². The maximum atomic E-state index is 13.5. The summed E-state index contributed by atoms with van der Waals surface area (Å²) in [4.78, 5) is 28.2.